The molecule has 3 amide bonds. The van der Waals surface area contributed by atoms with Crippen LogP contribution in [-0.2, 0) is 4.79 Å². The van der Waals surface area contributed by atoms with Gasteiger partial charge in [-0.1, -0.05) is 37.9 Å². The molecule has 25 heavy (non-hydrogen) atoms. The van der Waals surface area contributed by atoms with Crippen molar-refractivity contribution in [2.75, 3.05) is 25.0 Å². The molecule has 1 heterocycles. The molecule has 3 unspecified atom stereocenters. The molecule has 0 radical (unpaired) electrons. The number of amides is 3. The quantitative estimate of drug-likeness (QED) is 0.859. The Morgan fingerprint density at radius 1 is 1.40 bits per heavy atom. The van der Waals surface area contributed by atoms with Crippen molar-refractivity contribution in [2.24, 2.45) is 11.7 Å². The van der Waals surface area contributed by atoms with E-state index in [-0.39, 0.29) is 23.9 Å². The summed E-state index contributed by atoms with van der Waals surface area (Å²) in [6.45, 7) is 7.42. The maximum atomic E-state index is 12.5. The molecule has 3 atom stereocenters. The fourth-order valence-electron chi connectivity index (χ4n) is 2.93. The summed E-state index contributed by atoms with van der Waals surface area (Å²) in [5.74, 6) is 0.114. The van der Waals surface area contributed by atoms with Crippen molar-refractivity contribution in [1.29, 1.82) is 0 Å². The zero-order valence-electron chi connectivity index (χ0n) is 15.0. The van der Waals surface area contributed by atoms with Gasteiger partial charge in [0.2, 0.25) is 5.91 Å². The summed E-state index contributed by atoms with van der Waals surface area (Å²) in [6.07, 6.45) is 0.866. The van der Waals surface area contributed by atoms with Crippen molar-refractivity contribution < 1.29 is 9.59 Å². The normalized spacial score (nSPS) is 20.1. The third kappa shape index (κ3) is 4.86. The predicted octanol–water partition coefficient (Wildman–Crippen LogP) is 2.78. The smallest absolute Gasteiger partial charge is 0.322 e. The molecular weight excluding hydrogens is 340 g/mol. The average Bonchev–Trinajstić information content (AvgIpc) is 2.59. The van der Waals surface area contributed by atoms with Crippen LogP contribution in [0.15, 0.2) is 24.3 Å². The van der Waals surface area contributed by atoms with E-state index in [1.165, 1.54) is 0 Å². The van der Waals surface area contributed by atoms with Gasteiger partial charge < -0.3 is 20.9 Å². The first kappa shape index (κ1) is 19.5. The number of nitrogens with one attached hydrogen (secondary N) is 1. The minimum absolute atomic E-state index is 0.0314. The van der Waals surface area contributed by atoms with Gasteiger partial charge in [0.05, 0.1) is 6.04 Å². The number of piperazine rings is 1. The Bertz CT molecular complexity index is 625. The molecule has 1 aliphatic rings. The number of rotatable bonds is 4. The van der Waals surface area contributed by atoms with Gasteiger partial charge in [-0.15, -0.1) is 0 Å². The standard InChI is InChI=1S/C18H27ClN4O2/c1-4-12(2)16(20)17(24)22-8-9-23(13(3)11-22)18(25)21-15-7-5-6-14(19)10-15/h5-7,10,12-13,16H,4,8-9,11,20H2,1-3H3,(H,21,25). The Kier molecular flexibility index (Phi) is 6.67. The van der Waals surface area contributed by atoms with Crippen LogP contribution in [0.4, 0.5) is 10.5 Å². The maximum absolute atomic E-state index is 12.5. The molecule has 138 valence electrons. The van der Waals surface area contributed by atoms with Crippen molar-refractivity contribution in [2.45, 2.75) is 39.3 Å². The van der Waals surface area contributed by atoms with E-state index in [2.05, 4.69) is 5.32 Å². The van der Waals surface area contributed by atoms with Gasteiger partial charge in [-0.25, -0.2) is 4.79 Å². The van der Waals surface area contributed by atoms with E-state index in [1.54, 1.807) is 34.1 Å². The molecule has 0 spiro atoms. The van der Waals surface area contributed by atoms with E-state index in [0.29, 0.717) is 30.3 Å². The average molecular weight is 367 g/mol. The summed E-state index contributed by atoms with van der Waals surface area (Å²) >= 11 is 5.94. The van der Waals surface area contributed by atoms with Crippen molar-refractivity contribution in [3.63, 3.8) is 0 Å². The lowest BCUT2D eigenvalue weighted by molar-refractivity contribution is -0.136. The van der Waals surface area contributed by atoms with Crippen LogP contribution in [0.3, 0.4) is 0 Å². The van der Waals surface area contributed by atoms with Crippen molar-refractivity contribution in [1.82, 2.24) is 9.80 Å². The lowest BCUT2D eigenvalue weighted by Gasteiger charge is -2.41. The SMILES string of the molecule is CCC(C)C(N)C(=O)N1CCN(C(=O)Nc2cccc(Cl)c2)C(C)C1. The van der Waals surface area contributed by atoms with Crippen molar-refractivity contribution in [3.8, 4) is 0 Å². The summed E-state index contributed by atoms with van der Waals surface area (Å²) in [6, 6.07) is 6.28. The maximum Gasteiger partial charge on any atom is 0.322 e. The highest BCUT2D eigenvalue weighted by molar-refractivity contribution is 6.30. The van der Waals surface area contributed by atoms with E-state index in [4.69, 9.17) is 17.3 Å². The van der Waals surface area contributed by atoms with Gasteiger partial charge in [-0.2, -0.15) is 0 Å². The van der Waals surface area contributed by atoms with Crippen LogP contribution >= 0.6 is 11.6 Å². The number of anilines is 1. The fraction of sp³-hybridized carbons (Fsp3) is 0.556. The van der Waals surface area contributed by atoms with Gasteiger partial charge in [0.1, 0.15) is 0 Å². The van der Waals surface area contributed by atoms with E-state index in [0.717, 1.165) is 6.42 Å². The molecule has 0 aliphatic carbocycles. The van der Waals surface area contributed by atoms with E-state index >= 15 is 0 Å². The number of carbonyl (C=O) groups is 2. The molecule has 1 aliphatic heterocycles. The van der Waals surface area contributed by atoms with Crippen LogP contribution in [0.2, 0.25) is 5.02 Å². The van der Waals surface area contributed by atoms with Gasteiger partial charge >= 0.3 is 6.03 Å². The number of nitrogens with two attached hydrogens (primary N) is 1. The highest BCUT2D eigenvalue weighted by Gasteiger charge is 2.32. The first-order valence-electron chi connectivity index (χ1n) is 8.71. The fourth-order valence-corrected chi connectivity index (χ4v) is 3.12. The van der Waals surface area contributed by atoms with Gasteiger partial charge in [0.25, 0.3) is 0 Å². The second-order valence-electron chi connectivity index (χ2n) is 6.68. The third-order valence-corrected chi connectivity index (χ3v) is 5.05. The monoisotopic (exact) mass is 366 g/mol. The van der Waals surface area contributed by atoms with E-state index in [9.17, 15) is 9.59 Å². The molecule has 2 rings (SSSR count). The predicted molar refractivity (Wildman–Crippen MR) is 101 cm³/mol. The number of urea groups is 1. The minimum Gasteiger partial charge on any atom is -0.338 e. The Balaban J connectivity index is 1.94. The Morgan fingerprint density at radius 3 is 2.72 bits per heavy atom. The molecule has 0 saturated carbocycles. The van der Waals surface area contributed by atoms with Crippen LogP contribution in [0.25, 0.3) is 0 Å². The molecular formula is C18H27ClN4O2. The minimum atomic E-state index is -0.482. The molecule has 1 saturated heterocycles. The second kappa shape index (κ2) is 8.54. The summed E-state index contributed by atoms with van der Waals surface area (Å²) in [5.41, 5.74) is 6.72. The Labute approximate surface area is 154 Å². The number of hydrogen-bond acceptors (Lipinski definition) is 3. The molecule has 1 aromatic rings. The summed E-state index contributed by atoms with van der Waals surface area (Å²) < 4.78 is 0. The molecule has 1 aromatic carbocycles. The summed E-state index contributed by atoms with van der Waals surface area (Å²) in [7, 11) is 0. The van der Waals surface area contributed by atoms with Gasteiger partial charge in [-0.3, -0.25) is 4.79 Å². The van der Waals surface area contributed by atoms with Crippen molar-refractivity contribution in [3.05, 3.63) is 29.3 Å². The first-order chi connectivity index (χ1) is 11.8. The van der Waals surface area contributed by atoms with Gasteiger partial charge in [0.15, 0.2) is 0 Å². The molecule has 6 nitrogen and oxygen atoms in total. The molecule has 7 heteroatoms. The zero-order valence-corrected chi connectivity index (χ0v) is 15.8. The Morgan fingerprint density at radius 2 is 2.12 bits per heavy atom. The lowest BCUT2D eigenvalue weighted by atomic mass is 9.98. The number of hydrogen-bond donors (Lipinski definition) is 2. The van der Waals surface area contributed by atoms with Crippen LogP contribution < -0.4 is 11.1 Å². The molecule has 0 bridgehead atoms. The highest BCUT2D eigenvalue weighted by atomic mass is 35.5. The number of benzene rings is 1. The van der Waals surface area contributed by atoms with Crippen LogP contribution in [0, 0.1) is 5.92 Å². The van der Waals surface area contributed by atoms with E-state index < -0.39 is 6.04 Å². The largest absolute Gasteiger partial charge is 0.338 e. The van der Waals surface area contributed by atoms with E-state index in [1.807, 2.05) is 20.8 Å². The Hall–Kier alpha value is -1.79. The zero-order chi connectivity index (χ0) is 18.6. The summed E-state index contributed by atoms with van der Waals surface area (Å²) in [4.78, 5) is 28.5. The van der Waals surface area contributed by atoms with Crippen LogP contribution in [0.5, 0.6) is 0 Å². The van der Waals surface area contributed by atoms with Crippen molar-refractivity contribution >= 4 is 29.2 Å². The highest BCUT2D eigenvalue weighted by Crippen LogP contribution is 2.18. The van der Waals surface area contributed by atoms with Crippen LogP contribution in [0.1, 0.15) is 27.2 Å². The molecule has 3 N–H and O–H groups in total. The lowest BCUT2D eigenvalue weighted by Crippen LogP contribution is -2.59. The third-order valence-electron chi connectivity index (χ3n) is 4.82. The number of carbonyl (C=O) groups excluding carboxylic acids is 2. The van der Waals surface area contributed by atoms with Gasteiger partial charge in [-0.05, 0) is 31.0 Å². The van der Waals surface area contributed by atoms with Gasteiger partial charge in [0, 0.05) is 36.4 Å². The number of halogens is 1. The molecule has 1 fully saturated rings. The summed E-state index contributed by atoms with van der Waals surface area (Å²) in [5, 5.41) is 3.42. The first-order valence-corrected chi connectivity index (χ1v) is 9.08. The number of nitrogens with zero attached hydrogens (tertiary/aromatic N) is 2. The second-order valence-corrected chi connectivity index (χ2v) is 7.11. The van der Waals surface area contributed by atoms with Crippen LogP contribution in [-0.4, -0.2) is 53.5 Å². The topological polar surface area (TPSA) is 78.7 Å². The molecule has 0 aromatic heterocycles.